The van der Waals surface area contributed by atoms with Crippen LogP contribution >= 0.6 is 11.3 Å². The lowest BCUT2D eigenvalue weighted by Crippen LogP contribution is -2.11. The second-order valence-electron chi connectivity index (χ2n) is 5.85. The van der Waals surface area contributed by atoms with Crippen LogP contribution in [0.4, 0.5) is 5.69 Å². The highest BCUT2D eigenvalue weighted by molar-refractivity contribution is 7.13. The molecule has 134 valence electrons. The van der Waals surface area contributed by atoms with Crippen LogP contribution in [0.15, 0.2) is 60.8 Å². The first kappa shape index (κ1) is 17.1. The molecule has 0 unspecified atom stereocenters. The van der Waals surface area contributed by atoms with Gasteiger partial charge in [-0.25, -0.2) is 9.97 Å². The van der Waals surface area contributed by atoms with E-state index in [0.29, 0.717) is 22.2 Å². The minimum absolute atomic E-state index is 0.178. The van der Waals surface area contributed by atoms with Crippen LogP contribution in [0, 0.1) is 0 Å². The van der Waals surface area contributed by atoms with E-state index in [1.165, 1.54) is 11.3 Å². The van der Waals surface area contributed by atoms with Gasteiger partial charge in [-0.1, -0.05) is 49.4 Å². The molecule has 0 spiro atoms. The number of thiazole rings is 1. The molecule has 0 aliphatic rings. The minimum atomic E-state index is -0.178. The number of rotatable bonds is 5. The lowest BCUT2D eigenvalue weighted by Gasteiger charge is -2.08. The van der Waals surface area contributed by atoms with Gasteiger partial charge in [0, 0.05) is 11.1 Å². The topological polar surface area (TPSA) is 83.6 Å². The standard InChI is InChI=1S/C20H17N5OS/c1-2-17-21-12-16(27-17)20(26)22-15-11-7-6-10-14(15)19-23-18(24-25-19)13-8-4-3-5-9-13/h3-12H,2H2,1H3,(H,22,26)(H,23,24,25). The van der Waals surface area contributed by atoms with Crippen molar-refractivity contribution in [1.82, 2.24) is 20.2 Å². The van der Waals surface area contributed by atoms with Gasteiger partial charge in [-0.2, -0.15) is 5.10 Å². The molecule has 4 rings (SSSR count). The van der Waals surface area contributed by atoms with Crippen molar-refractivity contribution in [3.63, 3.8) is 0 Å². The van der Waals surface area contributed by atoms with E-state index in [1.54, 1.807) is 6.20 Å². The number of benzene rings is 2. The molecule has 2 aromatic heterocycles. The summed E-state index contributed by atoms with van der Waals surface area (Å²) in [6.45, 7) is 2.02. The summed E-state index contributed by atoms with van der Waals surface area (Å²) in [4.78, 5) is 22.0. The molecular weight excluding hydrogens is 358 g/mol. The second kappa shape index (κ2) is 7.51. The molecule has 0 radical (unpaired) electrons. The van der Waals surface area contributed by atoms with E-state index in [1.807, 2.05) is 61.5 Å². The van der Waals surface area contributed by atoms with Crippen LogP contribution in [0.5, 0.6) is 0 Å². The highest BCUT2D eigenvalue weighted by atomic mass is 32.1. The Labute approximate surface area is 160 Å². The van der Waals surface area contributed by atoms with Crippen molar-refractivity contribution >= 4 is 22.9 Å². The summed E-state index contributed by atoms with van der Waals surface area (Å²) in [7, 11) is 0. The van der Waals surface area contributed by atoms with Gasteiger partial charge in [0.15, 0.2) is 11.6 Å². The maximum Gasteiger partial charge on any atom is 0.267 e. The molecule has 27 heavy (non-hydrogen) atoms. The van der Waals surface area contributed by atoms with Crippen molar-refractivity contribution in [2.24, 2.45) is 0 Å². The number of hydrogen-bond donors (Lipinski definition) is 2. The first-order valence-electron chi connectivity index (χ1n) is 8.58. The Bertz CT molecular complexity index is 1070. The van der Waals surface area contributed by atoms with Crippen LogP contribution in [-0.4, -0.2) is 26.1 Å². The highest BCUT2D eigenvalue weighted by Gasteiger charge is 2.15. The van der Waals surface area contributed by atoms with Crippen LogP contribution in [0.25, 0.3) is 22.8 Å². The van der Waals surface area contributed by atoms with E-state index in [9.17, 15) is 4.79 Å². The number of amides is 1. The predicted octanol–water partition coefficient (Wildman–Crippen LogP) is 4.41. The molecule has 0 saturated heterocycles. The van der Waals surface area contributed by atoms with E-state index in [0.717, 1.165) is 22.6 Å². The van der Waals surface area contributed by atoms with Gasteiger partial charge < -0.3 is 5.32 Å². The normalized spacial score (nSPS) is 10.7. The molecule has 1 amide bonds. The second-order valence-corrected chi connectivity index (χ2v) is 6.96. The summed E-state index contributed by atoms with van der Waals surface area (Å²) in [6, 6.07) is 17.3. The lowest BCUT2D eigenvalue weighted by atomic mass is 10.1. The van der Waals surface area contributed by atoms with Crippen LogP contribution < -0.4 is 5.32 Å². The molecule has 6 nitrogen and oxygen atoms in total. The van der Waals surface area contributed by atoms with Gasteiger partial charge in [0.1, 0.15) is 4.88 Å². The van der Waals surface area contributed by atoms with Gasteiger partial charge in [0.25, 0.3) is 5.91 Å². The van der Waals surface area contributed by atoms with E-state index in [4.69, 9.17) is 0 Å². The van der Waals surface area contributed by atoms with Crippen molar-refractivity contribution in [3.05, 3.63) is 70.7 Å². The quantitative estimate of drug-likeness (QED) is 0.541. The fraction of sp³-hybridized carbons (Fsp3) is 0.100. The van der Waals surface area contributed by atoms with Crippen LogP contribution in [0.2, 0.25) is 0 Å². The predicted molar refractivity (Wildman–Crippen MR) is 107 cm³/mol. The smallest absolute Gasteiger partial charge is 0.267 e. The van der Waals surface area contributed by atoms with Crippen LogP contribution in [0.1, 0.15) is 21.6 Å². The fourth-order valence-corrected chi connectivity index (χ4v) is 3.41. The first-order valence-corrected chi connectivity index (χ1v) is 9.39. The molecule has 0 saturated carbocycles. The summed E-state index contributed by atoms with van der Waals surface area (Å²) >= 11 is 1.40. The summed E-state index contributed by atoms with van der Waals surface area (Å²) < 4.78 is 0. The Morgan fingerprint density at radius 3 is 2.67 bits per heavy atom. The van der Waals surface area contributed by atoms with Gasteiger partial charge >= 0.3 is 0 Å². The van der Waals surface area contributed by atoms with E-state index in [-0.39, 0.29) is 5.91 Å². The number of aryl methyl sites for hydroxylation is 1. The number of carbonyl (C=O) groups excluding carboxylic acids is 1. The van der Waals surface area contributed by atoms with Gasteiger partial charge in [-0.05, 0) is 18.6 Å². The molecule has 0 aliphatic heterocycles. The number of aromatic nitrogens is 4. The molecule has 2 N–H and O–H groups in total. The maximum atomic E-state index is 12.6. The molecular formula is C20H17N5OS. The number of nitrogens with one attached hydrogen (secondary N) is 2. The zero-order valence-corrected chi connectivity index (χ0v) is 15.5. The Hall–Kier alpha value is -3.32. The molecule has 4 aromatic rings. The molecule has 0 bridgehead atoms. The number of nitrogens with zero attached hydrogens (tertiary/aromatic N) is 3. The zero-order chi connectivity index (χ0) is 18.6. The lowest BCUT2D eigenvalue weighted by molar-refractivity contribution is 0.103. The van der Waals surface area contributed by atoms with E-state index in [2.05, 4.69) is 25.5 Å². The van der Waals surface area contributed by atoms with Gasteiger partial charge in [-0.3, -0.25) is 9.89 Å². The van der Waals surface area contributed by atoms with Crippen LogP contribution in [0.3, 0.4) is 0 Å². The van der Waals surface area contributed by atoms with Gasteiger partial charge in [0.05, 0.1) is 16.9 Å². The minimum Gasteiger partial charge on any atom is -0.321 e. The SMILES string of the molecule is CCc1ncc(C(=O)Nc2ccccc2-c2nc(-c3ccccc3)n[nH]2)s1. The van der Waals surface area contributed by atoms with E-state index < -0.39 is 0 Å². The molecule has 7 heteroatoms. The Morgan fingerprint density at radius 2 is 1.89 bits per heavy atom. The number of para-hydroxylation sites is 1. The average molecular weight is 375 g/mol. The zero-order valence-electron chi connectivity index (χ0n) is 14.6. The van der Waals surface area contributed by atoms with Crippen molar-refractivity contribution in [1.29, 1.82) is 0 Å². The number of aromatic amines is 1. The Morgan fingerprint density at radius 1 is 1.11 bits per heavy atom. The molecule has 2 heterocycles. The van der Waals surface area contributed by atoms with Crippen molar-refractivity contribution < 1.29 is 4.79 Å². The highest BCUT2D eigenvalue weighted by Crippen LogP contribution is 2.27. The van der Waals surface area contributed by atoms with E-state index >= 15 is 0 Å². The molecule has 0 atom stereocenters. The molecule has 0 aliphatic carbocycles. The van der Waals surface area contributed by atoms with Gasteiger partial charge in [0.2, 0.25) is 0 Å². The van der Waals surface area contributed by atoms with Crippen molar-refractivity contribution in [3.8, 4) is 22.8 Å². The van der Waals surface area contributed by atoms with Crippen LogP contribution in [-0.2, 0) is 6.42 Å². The maximum absolute atomic E-state index is 12.6. The molecule has 0 fully saturated rings. The Balaban J connectivity index is 1.62. The third kappa shape index (κ3) is 3.63. The Kier molecular flexibility index (Phi) is 4.76. The summed E-state index contributed by atoms with van der Waals surface area (Å²) in [6.07, 6.45) is 2.43. The fourth-order valence-electron chi connectivity index (χ4n) is 2.66. The van der Waals surface area contributed by atoms with Crippen molar-refractivity contribution in [2.75, 3.05) is 5.32 Å². The number of H-pyrrole nitrogens is 1. The summed E-state index contributed by atoms with van der Waals surface area (Å²) in [5.74, 6) is 1.03. The number of anilines is 1. The summed E-state index contributed by atoms with van der Waals surface area (Å²) in [5.41, 5.74) is 2.38. The third-order valence-corrected chi connectivity index (χ3v) is 5.17. The first-order chi connectivity index (χ1) is 13.2. The average Bonchev–Trinajstić information content (AvgIpc) is 3.39. The number of hydrogen-bond acceptors (Lipinski definition) is 5. The van der Waals surface area contributed by atoms with Crippen molar-refractivity contribution in [2.45, 2.75) is 13.3 Å². The molecule has 2 aromatic carbocycles. The largest absolute Gasteiger partial charge is 0.321 e. The number of carbonyl (C=O) groups is 1. The van der Waals surface area contributed by atoms with Gasteiger partial charge in [-0.15, -0.1) is 11.3 Å². The monoisotopic (exact) mass is 375 g/mol. The third-order valence-electron chi connectivity index (χ3n) is 4.03. The summed E-state index contributed by atoms with van der Waals surface area (Å²) in [5, 5.41) is 11.2.